The summed E-state index contributed by atoms with van der Waals surface area (Å²) in [5.74, 6) is -1.63. The summed E-state index contributed by atoms with van der Waals surface area (Å²) in [6.07, 6.45) is -0.672. The van der Waals surface area contributed by atoms with Gasteiger partial charge < -0.3 is 14.2 Å². The van der Waals surface area contributed by atoms with Crippen LogP contribution >= 0.6 is 0 Å². The van der Waals surface area contributed by atoms with Crippen LogP contribution in [0.4, 0.5) is 10.5 Å². The molecule has 31 heavy (non-hydrogen) atoms. The van der Waals surface area contributed by atoms with E-state index >= 15 is 0 Å². The lowest BCUT2D eigenvalue weighted by molar-refractivity contribution is -0.123. The first-order valence-corrected chi connectivity index (χ1v) is 9.33. The van der Waals surface area contributed by atoms with Crippen molar-refractivity contribution in [2.45, 2.75) is 26.4 Å². The minimum absolute atomic E-state index is 0.114. The van der Waals surface area contributed by atoms with Gasteiger partial charge in [-0.3, -0.25) is 20.2 Å². The quantitative estimate of drug-likeness (QED) is 0.678. The van der Waals surface area contributed by atoms with Gasteiger partial charge in [-0.15, -0.1) is 0 Å². The van der Waals surface area contributed by atoms with Crippen molar-refractivity contribution in [3.63, 3.8) is 0 Å². The number of imide groups is 1. The maximum absolute atomic E-state index is 12.2. The zero-order valence-electron chi connectivity index (χ0n) is 17.7. The zero-order chi connectivity index (χ0) is 23.0. The maximum atomic E-state index is 12.2. The van der Waals surface area contributed by atoms with E-state index in [1.165, 1.54) is 37.4 Å². The van der Waals surface area contributed by atoms with Gasteiger partial charge in [-0.05, 0) is 63.2 Å². The normalized spacial score (nSPS) is 10.6. The Hall–Kier alpha value is -3.88. The largest absolute Gasteiger partial charge is 0.497 e. The molecule has 2 aromatic carbocycles. The summed E-state index contributed by atoms with van der Waals surface area (Å²) in [5, 5.41) is 4.64. The van der Waals surface area contributed by atoms with E-state index in [0.717, 1.165) is 0 Å². The fourth-order valence-corrected chi connectivity index (χ4v) is 2.34. The summed E-state index contributed by atoms with van der Waals surface area (Å²) in [6.45, 7) is 4.53. The van der Waals surface area contributed by atoms with E-state index in [4.69, 9.17) is 14.2 Å². The molecule has 3 amide bonds. The molecular formula is C22H24N2O7. The highest BCUT2D eigenvalue weighted by atomic mass is 16.6. The Kier molecular flexibility index (Phi) is 7.73. The number of amides is 3. The third-order valence-electron chi connectivity index (χ3n) is 3.68. The number of rotatable bonds is 6. The van der Waals surface area contributed by atoms with Crippen molar-refractivity contribution in [3.8, 4) is 5.75 Å². The highest BCUT2D eigenvalue weighted by Gasteiger charge is 2.17. The van der Waals surface area contributed by atoms with E-state index in [9.17, 15) is 19.2 Å². The van der Waals surface area contributed by atoms with Gasteiger partial charge in [0, 0.05) is 11.3 Å². The average Bonchev–Trinajstić information content (AvgIpc) is 2.70. The van der Waals surface area contributed by atoms with Crippen molar-refractivity contribution in [3.05, 3.63) is 59.7 Å². The van der Waals surface area contributed by atoms with Crippen LogP contribution in [0.1, 0.15) is 41.5 Å². The van der Waals surface area contributed by atoms with Crippen LogP contribution in [0.5, 0.6) is 5.75 Å². The molecule has 2 rings (SSSR count). The Morgan fingerprint density at radius 2 is 1.61 bits per heavy atom. The monoisotopic (exact) mass is 428 g/mol. The minimum Gasteiger partial charge on any atom is -0.497 e. The molecule has 0 fully saturated rings. The first kappa shape index (κ1) is 23.4. The standard InChI is InChI=1S/C22H24N2O7/c1-22(2,3)31-21(28)23-16-7-5-6-15(12-16)20(27)30-13-18(25)24-19(26)14-8-10-17(29-4)11-9-14/h5-12H,13H2,1-4H3,(H,23,28)(H,24,25,26). The van der Waals surface area contributed by atoms with Crippen molar-refractivity contribution < 1.29 is 33.4 Å². The summed E-state index contributed by atoms with van der Waals surface area (Å²) >= 11 is 0. The lowest BCUT2D eigenvalue weighted by atomic mass is 10.2. The second-order valence-electron chi connectivity index (χ2n) is 7.39. The number of hydrogen-bond donors (Lipinski definition) is 2. The number of esters is 1. The second-order valence-corrected chi connectivity index (χ2v) is 7.39. The lowest BCUT2D eigenvalue weighted by Crippen LogP contribution is -2.34. The third kappa shape index (κ3) is 7.81. The van der Waals surface area contributed by atoms with Crippen molar-refractivity contribution in [1.82, 2.24) is 5.32 Å². The fraction of sp³-hybridized carbons (Fsp3) is 0.273. The van der Waals surface area contributed by atoms with Crippen LogP contribution in [-0.2, 0) is 14.3 Å². The van der Waals surface area contributed by atoms with Gasteiger partial charge in [-0.2, -0.15) is 0 Å². The molecule has 0 unspecified atom stereocenters. The SMILES string of the molecule is COc1ccc(C(=O)NC(=O)COC(=O)c2cccc(NC(=O)OC(C)(C)C)c2)cc1. The predicted molar refractivity (Wildman–Crippen MR) is 112 cm³/mol. The highest BCUT2D eigenvalue weighted by Crippen LogP contribution is 2.15. The third-order valence-corrected chi connectivity index (χ3v) is 3.68. The van der Waals surface area contributed by atoms with E-state index in [2.05, 4.69) is 10.6 Å². The molecule has 164 valence electrons. The molecule has 2 N–H and O–H groups in total. The Balaban J connectivity index is 1.88. The molecule has 0 radical (unpaired) electrons. The number of hydrogen-bond acceptors (Lipinski definition) is 7. The number of anilines is 1. The Morgan fingerprint density at radius 1 is 0.935 bits per heavy atom. The van der Waals surface area contributed by atoms with Gasteiger partial charge in [0.15, 0.2) is 6.61 Å². The molecule has 0 atom stereocenters. The molecule has 0 saturated carbocycles. The van der Waals surface area contributed by atoms with E-state index in [1.54, 1.807) is 39.0 Å². The zero-order valence-corrected chi connectivity index (χ0v) is 17.7. The number of methoxy groups -OCH3 is 1. The minimum atomic E-state index is -0.792. The van der Waals surface area contributed by atoms with Gasteiger partial charge in [-0.25, -0.2) is 9.59 Å². The average molecular weight is 428 g/mol. The van der Waals surface area contributed by atoms with Gasteiger partial charge in [0.2, 0.25) is 0 Å². The van der Waals surface area contributed by atoms with E-state index < -0.39 is 36.1 Å². The van der Waals surface area contributed by atoms with Gasteiger partial charge in [0.25, 0.3) is 11.8 Å². The Morgan fingerprint density at radius 3 is 2.23 bits per heavy atom. The Bertz CT molecular complexity index is 963. The molecule has 0 bridgehead atoms. The maximum Gasteiger partial charge on any atom is 0.412 e. The van der Waals surface area contributed by atoms with E-state index in [1.807, 2.05) is 0 Å². The molecule has 0 aliphatic carbocycles. The van der Waals surface area contributed by atoms with Crippen molar-refractivity contribution >= 4 is 29.6 Å². The molecule has 0 saturated heterocycles. The van der Waals surface area contributed by atoms with Gasteiger partial charge in [0.05, 0.1) is 12.7 Å². The van der Waals surface area contributed by atoms with Crippen molar-refractivity contribution in [2.24, 2.45) is 0 Å². The topological polar surface area (TPSA) is 120 Å². The van der Waals surface area contributed by atoms with Crippen LogP contribution in [0, 0.1) is 0 Å². The smallest absolute Gasteiger partial charge is 0.412 e. The fourth-order valence-electron chi connectivity index (χ4n) is 2.34. The summed E-state index contributed by atoms with van der Waals surface area (Å²) in [4.78, 5) is 48.0. The van der Waals surface area contributed by atoms with Crippen LogP contribution in [0.15, 0.2) is 48.5 Å². The summed E-state index contributed by atoms with van der Waals surface area (Å²) in [7, 11) is 1.50. The summed E-state index contributed by atoms with van der Waals surface area (Å²) < 4.78 is 15.1. The first-order valence-electron chi connectivity index (χ1n) is 9.33. The molecule has 2 aromatic rings. The summed E-state index contributed by atoms with van der Waals surface area (Å²) in [6, 6.07) is 12.1. The molecular weight excluding hydrogens is 404 g/mol. The highest BCUT2D eigenvalue weighted by molar-refractivity contribution is 6.05. The van der Waals surface area contributed by atoms with Crippen LogP contribution in [0.25, 0.3) is 0 Å². The van der Waals surface area contributed by atoms with E-state index in [0.29, 0.717) is 11.4 Å². The molecule has 0 spiro atoms. The number of benzene rings is 2. The molecule has 9 heteroatoms. The van der Waals surface area contributed by atoms with Gasteiger partial charge in [-0.1, -0.05) is 6.07 Å². The summed E-state index contributed by atoms with van der Waals surface area (Å²) in [5.41, 5.74) is 0.0177. The van der Waals surface area contributed by atoms with Crippen LogP contribution < -0.4 is 15.4 Å². The Labute approximate surface area is 179 Å². The number of ether oxygens (including phenoxy) is 3. The molecule has 0 aliphatic heterocycles. The molecule has 0 aliphatic rings. The predicted octanol–water partition coefficient (Wildman–Crippen LogP) is 3.16. The number of carbonyl (C=O) groups is 4. The van der Waals surface area contributed by atoms with Gasteiger partial charge in [0.1, 0.15) is 11.4 Å². The van der Waals surface area contributed by atoms with Crippen molar-refractivity contribution in [2.75, 3.05) is 19.0 Å². The number of nitrogens with one attached hydrogen (secondary N) is 2. The molecule has 9 nitrogen and oxygen atoms in total. The first-order chi connectivity index (χ1) is 14.6. The molecule has 0 aromatic heterocycles. The van der Waals surface area contributed by atoms with Crippen LogP contribution in [-0.4, -0.2) is 43.2 Å². The molecule has 0 heterocycles. The second kappa shape index (κ2) is 10.2. The van der Waals surface area contributed by atoms with Crippen LogP contribution in [0.2, 0.25) is 0 Å². The van der Waals surface area contributed by atoms with Crippen molar-refractivity contribution in [1.29, 1.82) is 0 Å². The van der Waals surface area contributed by atoms with Crippen LogP contribution in [0.3, 0.4) is 0 Å². The lowest BCUT2D eigenvalue weighted by Gasteiger charge is -2.19. The van der Waals surface area contributed by atoms with Gasteiger partial charge >= 0.3 is 12.1 Å². The number of carbonyl (C=O) groups excluding carboxylic acids is 4. The van der Waals surface area contributed by atoms with E-state index in [-0.39, 0.29) is 11.1 Å².